The molecular weight excluding hydrogens is 277 g/mol. The maximum Gasteiger partial charge on any atom is 0.141 e. The zero-order valence-electron chi connectivity index (χ0n) is 12.1. The van der Waals surface area contributed by atoms with E-state index in [0.717, 1.165) is 18.4 Å². The number of hydrogen-bond donors (Lipinski definition) is 0. The van der Waals surface area contributed by atoms with Crippen LogP contribution in [0.3, 0.4) is 0 Å². The van der Waals surface area contributed by atoms with E-state index in [1.807, 2.05) is 14.1 Å². The third-order valence-electron chi connectivity index (χ3n) is 3.95. The molecule has 1 aromatic carbocycles. The smallest absolute Gasteiger partial charge is 0.141 e. The third kappa shape index (κ3) is 3.28. The Morgan fingerprint density at radius 3 is 2.25 bits per heavy atom. The highest BCUT2D eigenvalue weighted by atomic mass is 35.5. The van der Waals surface area contributed by atoms with Gasteiger partial charge in [-0.25, -0.2) is 4.39 Å². The monoisotopic (exact) mass is 297 g/mol. The first-order chi connectivity index (χ1) is 9.45. The van der Waals surface area contributed by atoms with Crippen LogP contribution in [0.5, 0.6) is 0 Å². The summed E-state index contributed by atoms with van der Waals surface area (Å²) in [5, 5.41) is 0.144. The van der Waals surface area contributed by atoms with Crippen LogP contribution in [0.4, 0.5) is 4.39 Å². The summed E-state index contributed by atoms with van der Waals surface area (Å²) in [5.41, 5.74) is 0.789. The molecule has 0 amide bonds. The average Bonchev–Trinajstić information content (AvgIpc) is 2.45. The quantitative estimate of drug-likeness (QED) is 0.763. The largest absolute Gasteiger partial charge is 0.300 e. The molecule has 0 N–H and O–H groups in total. The third-order valence-corrected chi connectivity index (χ3v) is 4.24. The minimum atomic E-state index is -0.402. The fourth-order valence-electron chi connectivity index (χ4n) is 2.72. The van der Waals surface area contributed by atoms with E-state index in [1.165, 1.54) is 6.07 Å². The Bertz CT molecular complexity index is 477. The molecule has 1 aliphatic carbocycles. The summed E-state index contributed by atoms with van der Waals surface area (Å²) < 4.78 is 13.3. The van der Waals surface area contributed by atoms with E-state index in [0.29, 0.717) is 18.6 Å². The second kappa shape index (κ2) is 7.00. The van der Waals surface area contributed by atoms with Gasteiger partial charge in [-0.2, -0.15) is 0 Å². The highest BCUT2D eigenvalue weighted by Crippen LogP contribution is 2.40. The van der Waals surface area contributed by atoms with Gasteiger partial charge in [0, 0.05) is 18.4 Å². The molecule has 4 heteroatoms. The fraction of sp³-hybridized carbons (Fsp3) is 0.438. The first-order valence-corrected chi connectivity index (χ1v) is 6.98. The minimum absolute atomic E-state index is 0.144. The van der Waals surface area contributed by atoms with Gasteiger partial charge >= 0.3 is 0 Å². The van der Waals surface area contributed by atoms with Crippen molar-refractivity contribution in [2.75, 3.05) is 14.1 Å². The Balaban J connectivity index is 0.000000956. The molecule has 2 nitrogen and oxygen atoms in total. The number of hydrogen-bond acceptors (Lipinski definition) is 2. The molecule has 0 bridgehead atoms. The van der Waals surface area contributed by atoms with E-state index in [1.54, 1.807) is 12.1 Å². The lowest BCUT2D eigenvalue weighted by Gasteiger charge is -2.43. The number of carbonyl (C=O) groups is 1. The molecule has 2 rings (SSSR count). The number of Topliss-reactive ketones (excluding diaryl/α,β-unsaturated/α-hetero) is 1. The van der Waals surface area contributed by atoms with Crippen molar-refractivity contribution in [1.29, 1.82) is 0 Å². The normalized spacial score (nSPS) is 17.6. The lowest BCUT2D eigenvalue weighted by Crippen LogP contribution is -2.44. The summed E-state index contributed by atoms with van der Waals surface area (Å²) in [5.74, 6) is -0.0955. The van der Waals surface area contributed by atoms with Crippen LogP contribution in [0.15, 0.2) is 31.4 Å². The molecule has 0 aliphatic heterocycles. The van der Waals surface area contributed by atoms with Gasteiger partial charge in [-0.15, -0.1) is 13.2 Å². The van der Waals surface area contributed by atoms with Gasteiger partial charge in [-0.05, 0) is 44.6 Å². The van der Waals surface area contributed by atoms with Gasteiger partial charge in [0.15, 0.2) is 0 Å². The highest BCUT2D eigenvalue weighted by molar-refractivity contribution is 6.30. The molecule has 0 saturated heterocycles. The van der Waals surface area contributed by atoms with Crippen LogP contribution in [0.1, 0.15) is 31.2 Å². The van der Waals surface area contributed by atoms with Gasteiger partial charge in [0.05, 0.1) is 5.02 Å². The fourth-order valence-corrected chi connectivity index (χ4v) is 2.90. The lowest BCUT2D eigenvalue weighted by atomic mass is 9.75. The Hall–Kier alpha value is -1.19. The summed E-state index contributed by atoms with van der Waals surface area (Å²) in [7, 11) is 3.99. The Morgan fingerprint density at radius 1 is 1.25 bits per heavy atom. The summed E-state index contributed by atoms with van der Waals surface area (Å²) in [6, 6.07) is 4.86. The van der Waals surface area contributed by atoms with Gasteiger partial charge in [0.1, 0.15) is 11.6 Å². The molecule has 110 valence electrons. The summed E-state index contributed by atoms with van der Waals surface area (Å²) >= 11 is 5.87. The van der Waals surface area contributed by atoms with Crippen molar-refractivity contribution < 1.29 is 9.18 Å². The molecule has 0 aromatic heterocycles. The first kappa shape index (κ1) is 16.9. The lowest BCUT2D eigenvalue weighted by molar-refractivity contribution is -0.122. The number of carbonyl (C=O) groups excluding carboxylic acids is 1. The second-order valence-corrected chi connectivity index (χ2v) is 5.50. The van der Waals surface area contributed by atoms with E-state index in [2.05, 4.69) is 18.1 Å². The number of nitrogens with zero attached hydrogens (tertiary/aromatic N) is 1. The highest BCUT2D eigenvalue weighted by Gasteiger charge is 2.38. The van der Waals surface area contributed by atoms with Gasteiger partial charge in [-0.3, -0.25) is 9.69 Å². The van der Waals surface area contributed by atoms with E-state index in [-0.39, 0.29) is 10.6 Å². The van der Waals surface area contributed by atoms with Crippen molar-refractivity contribution in [3.63, 3.8) is 0 Å². The predicted molar refractivity (Wildman–Crippen MR) is 81.5 cm³/mol. The molecule has 0 atom stereocenters. The van der Waals surface area contributed by atoms with Crippen molar-refractivity contribution >= 4 is 17.4 Å². The molecular formula is C16H21ClFNO. The Morgan fingerprint density at radius 2 is 1.80 bits per heavy atom. The summed E-state index contributed by atoms with van der Waals surface area (Å²) in [6.07, 6.45) is 2.68. The van der Waals surface area contributed by atoms with Crippen LogP contribution in [0, 0.1) is 5.82 Å². The first-order valence-electron chi connectivity index (χ1n) is 6.60. The second-order valence-electron chi connectivity index (χ2n) is 5.09. The van der Waals surface area contributed by atoms with Crippen molar-refractivity contribution in [2.24, 2.45) is 0 Å². The average molecular weight is 298 g/mol. The topological polar surface area (TPSA) is 20.3 Å². The maximum absolute atomic E-state index is 13.3. The Kier molecular flexibility index (Phi) is 5.90. The van der Waals surface area contributed by atoms with Gasteiger partial charge in [0.25, 0.3) is 0 Å². The van der Waals surface area contributed by atoms with Gasteiger partial charge < -0.3 is 0 Å². The summed E-state index contributed by atoms with van der Waals surface area (Å²) in [4.78, 5) is 13.5. The van der Waals surface area contributed by atoms with Crippen LogP contribution in [0.25, 0.3) is 0 Å². The van der Waals surface area contributed by atoms with Crippen molar-refractivity contribution in [1.82, 2.24) is 4.90 Å². The number of halogens is 2. The summed E-state index contributed by atoms with van der Waals surface area (Å²) in [6.45, 7) is 6.00. The SMILES string of the molecule is C=C.CN(C)C1(c2ccc(F)c(Cl)c2)CCC(=O)CC1. The molecule has 1 saturated carbocycles. The van der Waals surface area contributed by atoms with Crippen LogP contribution in [0.2, 0.25) is 5.02 Å². The van der Waals surface area contributed by atoms with Crippen LogP contribution < -0.4 is 0 Å². The minimum Gasteiger partial charge on any atom is -0.300 e. The molecule has 20 heavy (non-hydrogen) atoms. The molecule has 0 unspecified atom stereocenters. The predicted octanol–water partition coefficient (Wildman–Crippen LogP) is 4.18. The Labute approximate surface area is 125 Å². The number of ketones is 1. The molecule has 0 radical (unpaired) electrons. The molecule has 1 aliphatic rings. The van der Waals surface area contributed by atoms with Gasteiger partial charge in [-0.1, -0.05) is 17.7 Å². The maximum atomic E-state index is 13.3. The van der Waals surface area contributed by atoms with E-state index in [4.69, 9.17) is 11.6 Å². The number of rotatable bonds is 2. The van der Waals surface area contributed by atoms with E-state index < -0.39 is 5.82 Å². The van der Waals surface area contributed by atoms with Crippen LogP contribution >= 0.6 is 11.6 Å². The van der Waals surface area contributed by atoms with Crippen LogP contribution in [-0.4, -0.2) is 24.8 Å². The number of benzene rings is 1. The van der Waals surface area contributed by atoms with Crippen molar-refractivity contribution in [3.05, 3.63) is 47.8 Å². The van der Waals surface area contributed by atoms with E-state index >= 15 is 0 Å². The van der Waals surface area contributed by atoms with Gasteiger partial charge in [0.2, 0.25) is 0 Å². The van der Waals surface area contributed by atoms with Crippen LogP contribution in [-0.2, 0) is 10.3 Å². The molecule has 0 heterocycles. The van der Waals surface area contributed by atoms with Crippen molar-refractivity contribution in [2.45, 2.75) is 31.2 Å². The molecule has 1 fully saturated rings. The standard InChI is InChI=1S/C14H17ClFNO.C2H4/c1-17(2)14(7-5-11(18)6-8-14)10-3-4-13(16)12(15)9-10;1-2/h3-4,9H,5-8H2,1-2H3;1-2H2. The zero-order chi connectivity index (χ0) is 15.3. The van der Waals surface area contributed by atoms with E-state index in [9.17, 15) is 9.18 Å². The molecule has 1 aromatic rings. The zero-order valence-corrected chi connectivity index (χ0v) is 12.8. The molecule has 0 spiro atoms. The van der Waals surface area contributed by atoms with Crippen molar-refractivity contribution in [3.8, 4) is 0 Å².